The van der Waals surface area contributed by atoms with E-state index in [2.05, 4.69) is 10.1 Å². The molecule has 0 spiro atoms. The Balaban J connectivity index is 2.21. The van der Waals surface area contributed by atoms with Gasteiger partial charge in [0.15, 0.2) is 5.82 Å². The Hall–Kier alpha value is -2.51. The summed E-state index contributed by atoms with van der Waals surface area (Å²) in [5.74, 6) is -5.77. The number of alkyl halides is 3. The van der Waals surface area contributed by atoms with Crippen molar-refractivity contribution >= 4 is 26.8 Å². The maximum atomic E-state index is 15.0. The van der Waals surface area contributed by atoms with Crippen LogP contribution in [0.4, 0.5) is 17.6 Å². The molecule has 0 bridgehead atoms. The molecular weight excluding hydrogens is 434 g/mol. The first-order chi connectivity index (χ1) is 13.9. The van der Waals surface area contributed by atoms with Gasteiger partial charge in [0, 0.05) is 24.5 Å². The summed E-state index contributed by atoms with van der Waals surface area (Å²) < 4.78 is 84.0. The topological polar surface area (TPSA) is 109 Å². The van der Waals surface area contributed by atoms with Crippen molar-refractivity contribution in [2.24, 2.45) is 0 Å². The zero-order valence-corrected chi connectivity index (χ0v) is 16.4. The summed E-state index contributed by atoms with van der Waals surface area (Å²) in [6.45, 7) is 2.66. The number of carbonyl (C=O) groups is 1. The molecule has 0 amide bonds. The average molecular weight is 451 g/mol. The van der Waals surface area contributed by atoms with E-state index in [4.69, 9.17) is 0 Å². The summed E-state index contributed by atoms with van der Waals surface area (Å²) in [5, 5.41) is 1.88. The molecule has 30 heavy (non-hydrogen) atoms. The maximum Gasteiger partial charge on any atom is 0.491 e. The van der Waals surface area contributed by atoms with Gasteiger partial charge < -0.3 is 10.1 Å². The summed E-state index contributed by atoms with van der Waals surface area (Å²) in [6.07, 6.45) is -4.97. The van der Waals surface area contributed by atoms with Gasteiger partial charge in [-0.2, -0.15) is 17.5 Å². The fourth-order valence-electron chi connectivity index (χ4n) is 3.20. The minimum absolute atomic E-state index is 0.119. The zero-order chi connectivity index (χ0) is 22.3. The second-order valence-corrected chi connectivity index (χ2v) is 8.54. The number of esters is 1. The van der Waals surface area contributed by atoms with Crippen LogP contribution in [0.15, 0.2) is 27.9 Å². The summed E-state index contributed by atoms with van der Waals surface area (Å²) >= 11 is 0. The molecule has 13 heteroatoms. The van der Waals surface area contributed by atoms with E-state index >= 15 is 4.39 Å². The van der Waals surface area contributed by atoms with Crippen LogP contribution in [0, 0.1) is 5.82 Å². The number of hydrogen-bond donors (Lipinski definition) is 2. The molecule has 1 aromatic carbocycles. The third kappa shape index (κ3) is 4.04. The number of H-pyrrole nitrogens is 1. The predicted molar refractivity (Wildman–Crippen MR) is 97.1 cm³/mol. The normalized spacial score (nSPS) is 18.9. The minimum atomic E-state index is -5.45. The number of sulfonamides is 1. The number of ether oxygens (including phenoxy) is 1. The van der Waals surface area contributed by atoms with E-state index in [0.29, 0.717) is 19.5 Å². The Morgan fingerprint density at radius 1 is 1.30 bits per heavy atom. The zero-order valence-electron chi connectivity index (χ0n) is 15.5. The standard InChI is InChI=1S/C17H17F4N3O5S/c1-9-8-22-6-3-7-24(9)30(27,28)11-5-2-4-10-12(11)13(18)15(23-14(10)25)29-16(26)17(19,20)21/h2,4-5,9,22H,3,6-8H2,1H3,(H,23,25). The molecule has 0 radical (unpaired) electrons. The monoisotopic (exact) mass is 451 g/mol. The van der Waals surface area contributed by atoms with E-state index < -0.39 is 61.1 Å². The second-order valence-electron chi connectivity index (χ2n) is 6.69. The van der Waals surface area contributed by atoms with Gasteiger partial charge in [-0.3, -0.25) is 9.78 Å². The molecule has 1 aliphatic heterocycles. The Morgan fingerprint density at radius 2 is 2.00 bits per heavy atom. The molecule has 3 rings (SSSR count). The molecule has 1 aliphatic rings. The van der Waals surface area contributed by atoms with Gasteiger partial charge in [0.05, 0.1) is 10.3 Å². The highest BCUT2D eigenvalue weighted by Gasteiger charge is 2.42. The lowest BCUT2D eigenvalue weighted by Gasteiger charge is -2.26. The Labute approximate surface area is 167 Å². The highest BCUT2D eigenvalue weighted by molar-refractivity contribution is 7.89. The number of rotatable bonds is 3. The molecule has 1 atom stereocenters. The van der Waals surface area contributed by atoms with E-state index in [1.54, 1.807) is 11.9 Å². The third-order valence-corrected chi connectivity index (χ3v) is 6.65. The highest BCUT2D eigenvalue weighted by atomic mass is 32.2. The first kappa shape index (κ1) is 22.2. The van der Waals surface area contributed by atoms with Crippen LogP contribution >= 0.6 is 0 Å². The van der Waals surface area contributed by atoms with Gasteiger partial charge in [-0.1, -0.05) is 6.07 Å². The number of carbonyl (C=O) groups excluding carboxylic acids is 1. The lowest BCUT2D eigenvalue weighted by Crippen LogP contribution is -2.41. The predicted octanol–water partition coefficient (Wildman–Crippen LogP) is 1.51. The van der Waals surface area contributed by atoms with Crippen LogP contribution in [-0.4, -0.2) is 55.5 Å². The van der Waals surface area contributed by atoms with Crippen molar-refractivity contribution in [3.05, 3.63) is 34.4 Å². The van der Waals surface area contributed by atoms with Gasteiger partial charge in [-0.15, -0.1) is 0 Å². The van der Waals surface area contributed by atoms with Crippen LogP contribution in [0.25, 0.3) is 10.8 Å². The number of nitrogens with one attached hydrogen (secondary N) is 2. The number of fused-ring (bicyclic) bond motifs is 1. The lowest BCUT2D eigenvalue weighted by atomic mass is 10.1. The van der Waals surface area contributed by atoms with Crippen molar-refractivity contribution < 1.29 is 35.5 Å². The van der Waals surface area contributed by atoms with E-state index in [1.807, 2.05) is 0 Å². The van der Waals surface area contributed by atoms with E-state index in [1.165, 1.54) is 6.07 Å². The van der Waals surface area contributed by atoms with Gasteiger partial charge in [0.25, 0.3) is 5.56 Å². The average Bonchev–Trinajstić information content (AvgIpc) is 2.89. The number of aromatic amines is 1. The largest absolute Gasteiger partial charge is 0.491 e. The van der Waals surface area contributed by atoms with Gasteiger partial charge in [0.2, 0.25) is 15.9 Å². The third-order valence-electron chi connectivity index (χ3n) is 4.59. The van der Waals surface area contributed by atoms with Crippen molar-refractivity contribution in [3.8, 4) is 5.88 Å². The molecule has 8 nitrogen and oxygen atoms in total. The number of nitrogens with zero attached hydrogens (tertiary/aromatic N) is 1. The molecule has 2 heterocycles. The van der Waals surface area contributed by atoms with E-state index in [-0.39, 0.29) is 6.54 Å². The summed E-state index contributed by atoms with van der Waals surface area (Å²) in [5.41, 5.74) is -1.11. The number of aromatic nitrogens is 1. The molecule has 164 valence electrons. The molecule has 1 aromatic heterocycles. The number of halogens is 4. The fraction of sp³-hybridized carbons (Fsp3) is 0.412. The Kier molecular flexibility index (Phi) is 5.89. The molecule has 1 fully saturated rings. The van der Waals surface area contributed by atoms with Gasteiger partial charge in [0.1, 0.15) is 0 Å². The smallest absolute Gasteiger partial charge is 0.399 e. The van der Waals surface area contributed by atoms with Gasteiger partial charge in [-0.25, -0.2) is 17.6 Å². The van der Waals surface area contributed by atoms with Crippen LogP contribution in [0.2, 0.25) is 0 Å². The maximum absolute atomic E-state index is 15.0. The molecule has 0 aliphatic carbocycles. The molecule has 0 saturated carbocycles. The molecule has 1 saturated heterocycles. The van der Waals surface area contributed by atoms with Crippen molar-refractivity contribution in [2.45, 2.75) is 30.5 Å². The molecule has 2 N–H and O–H groups in total. The Bertz CT molecular complexity index is 1150. The van der Waals surface area contributed by atoms with Crippen molar-refractivity contribution in [1.82, 2.24) is 14.6 Å². The van der Waals surface area contributed by atoms with Crippen molar-refractivity contribution in [1.29, 1.82) is 0 Å². The van der Waals surface area contributed by atoms with Crippen molar-refractivity contribution in [2.75, 3.05) is 19.6 Å². The highest BCUT2D eigenvalue weighted by Crippen LogP contribution is 2.31. The first-order valence-electron chi connectivity index (χ1n) is 8.80. The number of benzene rings is 1. The first-order valence-corrected chi connectivity index (χ1v) is 10.2. The van der Waals surface area contributed by atoms with Gasteiger partial charge in [-0.05, 0) is 32.0 Å². The van der Waals surface area contributed by atoms with Crippen molar-refractivity contribution in [3.63, 3.8) is 0 Å². The molecular formula is C17H17F4N3O5S. The number of hydrogen-bond acceptors (Lipinski definition) is 6. The molecule has 2 aromatic rings. The Morgan fingerprint density at radius 3 is 2.67 bits per heavy atom. The molecule has 1 unspecified atom stereocenters. The minimum Gasteiger partial charge on any atom is -0.399 e. The van der Waals surface area contributed by atoms with Crippen LogP contribution in [0.5, 0.6) is 5.88 Å². The van der Waals surface area contributed by atoms with E-state index in [9.17, 15) is 31.2 Å². The number of pyridine rings is 1. The van der Waals surface area contributed by atoms with E-state index in [0.717, 1.165) is 16.4 Å². The quantitative estimate of drug-likeness (QED) is 0.541. The summed E-state index contributed by atoms with van der Waals surface area (Å²) in [7, 11) is -4.34. The van der Waals surface area contributed by atoms with Crippen LogP contribution in [-0.2, 0) is 14.8 Å². The van der Waals surface area contributed by atoms with Crippen LogP contribution in [0.1, 0.15) is 13.3 Å². The van der Waals surface area contributed by atoms with Gasteiger partial charge >= 0.3 is 12.1 Å². The second kappa shape index (κ2) is 7.96. The summed E-state index contributed by atoms with van der Waals surface area (Å²) in [6, 6.07) is 2.87. The SMILES string of the molecule is CC1CNCCCN1S(=O)(=O)c1cccc2c(=O)[nH]c(OC(=O)C(F)(F)F)c(F)c12. The van der Waals surface area contributed by atoms with Crippen LogP contribution < -0.4 is 15.6 Å². The summed E-state index contributed by atoms with van der Waals surface area (Å²) in [4.78, 5) is 24.4. The lowest BCUT2D eigenvalue weighted by molar-refractivity contribution is -0.190. The fourth-order valence-corrected chi connectivity index (χ4v) is 5.08. The van der Waals surface area contributed by atoms with Crippen LogP contribution in [0.3, 0.4) is 0 Å².